The maximum Gasteiger partial charge on any atom is 0.306 e. The molecular formula is C55H106O6. The minimum Gasteiger partial charge on any atom is -0.462 e. The van der Waals surface area contributed by atoms with Crippen molar-refractivity contribution in [1.29, 1.82) is 0 Å². The third-order valence-corrected chi connectivity index (χ3v) is 12.8. The van der Waals surface area contributed by atoms with Crippen molar-refractivity contribution in [3.63, 3.8) is 0 Å². The summed E-state index contributed by atoms with van der Waals surface area (Å²) in [7, 11) is 0. The summed E-state index contributed by atoms with van der Waals surface area (Å²) in [6.45, 7) is 11.4. The number of rotatable bonds is 49. The zero-order chi connectivity index (χ0) is 44.7. The molecule has 0 N–H and O–H groups in total. The molecule has 0 radical (unpaired) electrons. The summed E-state index contributed by atoms with van der Waals surface area (Å²) in [6, 6.07) is 0. The van der Waals surface area contributed by atoms with E-state index in [9.17, 15) is 14.4 Å². The Bertz CT molecular complexity index is 933. The average Bonchev–Trinajstić information content (AvgIpc) is 3.24. The average molecular weight is 863 g/mol. The fourth-order valence-electron chi connectivity index (χ4n) is 8.31. The second-order valence-electron chi connectivity index (χ2n) is 19.6. The first-order valence-electron chi connectivity index (χ1n) is 27.3. The molecule has 362 valence electrons. The summed E-state index contributed by atoms with van der Waals surface area (Å²) in [6.07, 6.45) is 49.5. The molecule has 6 nitrogen and oxygen atoms in total. The van der Waals surface area contributed by atoms with Gasteiger partial charge in [0.1, 0.15) is 13.2 Å². The van der Waals surface area contributed by atoms with Crippen LogP contribution in [0, 0.1) is 11.8 Å². The number of hydrogen-bond acceptors (Lipinski definition) is 6. The summed E-state index contributed by atoms with van der Waals surface area (Å²) in [4.78, 5) is 37.9. The van der Waals surface area contributed by atoms with E-state index in [1.54, 1.807) is 0 Å². The van der Waals surface area contributed by atoms with Crippen LogP contribution in [0.5, 0.6) is 0 Å². The van der Waals surface area contributed by atoms with Gasteiger partial charge in [0, 0.05) is 19.3 Å². The van der Waals surface area contributed by atoms with E-state index in [4.69, 9.17) is 14.2 Å². The van der Waals surface area contributed by atoms with Gasteiger partial charge in [-0.1, -0.05) is 266 Å². The van der Waals surface area contributed by atoms with Crippen molar-refractivity contribution in [2.24, 2.45) is 11.8 Å². The van der Waals surface area contributed by atoms with Gasteiger partial charge in [-0.25, -0.2) is 0 Å². The van der Waals surface area contributed by atoms with Gasteiger partial charge >= 0.3 is 17.9 Å². The van der Waals surface area contributed by atoms with Crippen LogP contribution in [0.3, 0.4) is 0 Å². The van der Waals surface area contributed by atoms with Gasteiger partial charge in [-0.2, -0.15) is 0 Å². The standard InChI is InChI=1S/C55H106O6/c1-6-8-9-10-11-12-24-30-35-40-45-53(56)59-48-52(49-60-54(57)46-41-36-31-27-26-29-34-39-44-51(5)7-2)61-55(58)47-42-37-32-25-22-20-18-16-14-13-15-17-19-21-23-28-33-38-43-50(3)4/h50-52H,6-49H2,1-5H3/t51?,52-/m0/s1. The number of ether oxygens (including phenoxy) is 3. The molecule has 0 amide bonds. The summed E-state index contributed by atoms with van der Waals surface area (Å²) in [5.74, 6) is 0.858. The first-order chi connectivity index (χ1) is 29.8. The number of carbonyl (C=O) groups is 3. The van der Waals surface area contributed by atoms with E-state index in [1.165, 1.54) is 193 Å². The lowest BCUT2D eigenvalue weighted by Crippen LogP contribution is -2.30. The maximum absolute atomic E-state index is 12.8. The molecule has 2 atom stereocenters. The van der Waals surface area contributed by atoms with E-state index < -0.39 is 6.10 Å². The molecule has 0 rings (SSSR count). The SMILES string of the molecule is CCCCCCCCCCCCC(=O)OC[C@@H](COC(=O)CCCCCCCCCCC(C)CC)OC(=O)CCCCCCCCCCCCCCCCCCCCC(C)C. The molecule has 0 aliphatic carbocycles. The number of carbonyl (C=O) groups excluding carboxylic acids is 3. The molecule has 0 aromatic heterocycles. The van der Waals surface area contributed by atoms with Crippen molar-refractivity contribution in [3.8, 4) is 0 Å². The van der Waals surface area contributed by atoms with Crippen LogP contribution in [0.15, 0.2) is 0 Å². The van der Waals surface area contributed by atoms with Crippen LogP contribution in [-0.4, -0.2) is 37.2 Å². The summed E-state index contributed by atoms with van der Waals surface area (Å²) in [5.41, 5.74) is 0. The molecular weight excluding hydrogens is 757 g/mol. The Hall–Kier alpha value is -1.59. The highest BCUT2D eigenvalue weighted by Gasteiger charge is 2.19. The molecule has 0 fully saturated rings. The van der Waals surface area contributed by atoms with Crippen LogP contribution >= 0.6 is 0 Å². The van der Waals surface area contributed by atoms with Crippen molar-refractivity contribution >= 4 is 17.9 Å². The smallest absolute Gasteiger partial charge is 0.306 e. The fraction of sp³-hybridized carbons (Fsp3) is 0.945. The molecule has 0 saturated carbocycles. The Morgan fingerprint density at radius 1 is 0.344 bits per heavy atom. The molecule has 0 saturated heterocycles. The van der Waals surface area contributed by atoms with Gasteiger partial charge in [-0.05, 0) is 31.1 Å². The molecule has 0 aliphatic rings. The molecule has 0 bridgehead atoms. The summed E-state index contributed by atoms with van der Waals surface area (Å²) in [5, 5.41) is 0. The van der Waals surface area contributed by atoms with Gasteiger partial charge in [0.25, 0.3) is 0 Å². The van der Waals surface area contributed by atoms with Crippen LogP contribution in [0.25, 0.3) is 0 Å². The lowest BCUT2D eigenvalue weighted by atomic mass is 9.99. The van der Waals surface area contributed by atoms with Gasteiger partial charge in [0.15, 0.2) is 6.10 Å². The number of esters is 3. The van der Waals surface area contributed by atoms with E-state index in [0.29, 0.717) is 19.3 Å². The topological polar surface area (TPSA) is 78.9 Å². The van der Waals surface area contributed by atoms with Crippen LogP contribution in [0.1, 0.15) is 304 Å². The van der Waals surface area contributed by atoms with E-state index in [-0.39, 0.29) is 31.1 Å². The lowest BCUT2D eigenvalue weighted by Gasteiger charge is -2.18. The first-order valence-corrected chi connectivity index (χ1v) is 27.3. The molecule has 6 heteroatoms. The minimum atomic E-state index is -0.761. The zero-order valence-corrected chi connectivity index (χ0v) is 41.8. The predicted molar refractivity (Wildman–Crippen MR) is 261 cm³/mol. The van der Waals surface area contributed by atoms with Gasteiger partial charge < -0.3 is 14.2 Å². The van der Waals surface area contributed by atoms with Crippen LogP contribution < -0.4 is 0 Å². The minimum absolute atomic E-state index is 0.0637. The van der Waals surface area contributed by atoms with Gasteiger partial charge in [0.05, 0.1) is 0 Å². The Morgan fingerprint density at radius 3 is 0.934 bits per heavy atom. The van der Waals surface area contributed by atoms with Crippen molar-refractivity contribution in [1.82, 2.24) is 0 Å². The van der Waals surface area contributed by atoms with Gasteiger partial charge in [0.2, 0.25) is 0 Å². The van der Waals surface area contributed by atoms with E-state index in [2.05, 4.69) is 34.6 Å². The highest BCUT2D eigenvalue weighted by molar-refractivity contribution is 5.71. The largest absolute Gasteiger partial charge is 0.462 e. The molecule has 0 aliphatic heterocycles. The second-order valence-corrected chi connectivity index (χ2v) is 19.6. The van der Waals surface area contributed by atoms with E-state index in [0.717, 1.165) is 69.6 Å². The van der Waals surface area contributed by atoms with Crippen LogP contribution in [0.4, 0.5) is 0 Å². The number of hydrogen-bond donors (Lipinski definition) is 0. The molecule has 0 heterocycles. The first kappa shape index (κ1) is 59.4. The zero-order valence-electron chi connectivity index (χ0n) is 41.8. The van der Waals surface area contributed by atoms with Gasteiger partial charge in [-0.15, -0.1) is 0 Å². The Kier molecular flexibility index (Phi) is 46.6. The normalized spacial score (nSPS) is 12.5. The van der Waals surface area contributed by atoms with Crippen LogP contribution in [0.2, 0.25) is 0 Å². The highest BCUT2D eigenvalue weighted by atomic mass is 16.6. The third-order valence-electron chi connectivity index (χ3n) is 12.8. The second kappa shape index (κ2) is 47.9. The Morgan fingerprint density at radius 2 is 0.623 bits per heavy atom. The Balaban J connectivity index is 4.22. The molecule has 1 unspecified atom stereocenters. The van der Waals surface area contributed by atoms with Crippen molar-refractivity contribution in [3.05, 3.63) is 0 Å². The quantitative estimate of drug-likeness (QED) is 0.0344. The summed E-state index contributed by atoms with van der Waals surface area (Å²) >= 11 is 0. The van der Waals surface area contributed by atoms with Crippen molar-refractivity contribution < 1.29 is 28.6 Å². The Labute approximate surface area is 380 Å². The highest BCUT2D eigenvalue weighted by Crippen LogP contribution is 2.18. The predicted octanol–water partition coefficient (Wildman–Crippen LogP) is 17.7. The van der Waals surface area contributed by atoms with Crippen molar-refractivity contribution in [2.45, 2.75) is 310 Å². The molecule has 0 aromatic rings. The summed E-state index contributed by atoms with van der Waals surface area (Å²) < 4.78 is 16.8. The number of unbranched alkanes of at least 4 members (excludes halogenated alkanes) is 33. The van der Waals surface area contributed by atoms with E-state index in [1.807, 2.05) is 0 Å². The third kappa shape index (κ3) is 47.7. The van der Waals surface area contributed by atoms with Crippen molar-refractivity contribution in [2.75, 3.05) is 13.2 Å². The maximum atomic E-state index is 12.8. The monoisotopic (exact) mass is 863 g/mol. The lowest BCUT2D eigenvalue weighted by molar-refractivity contribution is -0.167. The van der Waals surface area contributed by atoms with E-state index >= 15 is 0 Å². The fourth-order valence-corrected chi connectivity index (χ4v) is 8.31. The molecule has 0 aromatic carbocycles. The van der Waals surface area contributed by atoms with Crippen LogP contribution in [-0.2, 0) is 28.6 Å². The van der Waals surface area contributed by atoms with Gasteiger partial charge in [-0.3, -0.25) is 14.4 Å². The molecule has 61 heavy (non-hydrogen) atoms. The molecule has 0 spiro atoms.